The molecule has 0 radical (unpaired) electrons. The number of halogens is 2. The summed E-state index contributed by atoms with van der Waals surface area (Å²) in [5.74, 6) is -0.729. The minimum atomic E-state index is -2.79. The second-order valence-corrected chi connectivity index (χ2v) is 11.2. The van der Waals surface area contributed by atoms with Crippen LogP contribution in [0.1, 0.15) is 22.3 Å². The van der Waals surface area contributed by atoms with Gasteiger partial charge in [0, 0.05) is 25.9 Å². The van der Waals surface area contributed by atoms with E-state index in [9.17, 15) is 13.6 Å². The molecule has 112 valence electrons. The molecule has 0 aliphatic rings. The molecule has 20 heavy (non-hydrogen) atoms. The summed E-state index contributed by atoms with van der Waals surface area (Å²) in [5, 5.41) is 0. The van der Waals surface area contributed by atoms with E-state index in [1.165, 1.54) is 0 Å². The maximum Gasteiger partial charge on any atom is 0.339 e. The van der Waals surface area contributed by atoms with Crippen LogP contribution in [0.15, 0.2) is 12.3 Å². The highest BCUT2D eigenvalue weighted by atomic mass is 28.3. The van der Waals surface area contributed by atoms with E-state index >= 15 is 0 Å². The fourth-order valence-corrected chi connectivity index (χ4v) is 2.17. The first-order valence-corrected chi connectivity index (χ1v) is 9.94. The second kappa shape index (κ2) is 6.78. The Morgan fingerprint density at radius 3 is 2.55 bits per heavy atom. The zero-order valence-electron chi connectivity index (χ0n) is 12.1. The smallest absolute Gasteiger partial charge is 0.339 e. The third-order valence-corrected chi connectivity index (χ3v) is 4.36. The van der Waals surface area contributed by atoms with Crippen molar-refractivity contribution in [1.29, 1.82) is 0 Å². The van der Waals surface area contributed by atoms with Gasteiger partial charge in [-0.15, -0.1) is 0 Å². The minimum Gasteiger partial charge on any atom is -0.478 e. The molecule has 0 aliphatic heterocycles. The molecule has 0 bridgehead atoms. The van der Waals surface area contributed by atoms with Crippen molar-refractivity contribution in [2.75, 3.05) is 13.7 Å². The van der Waals surface area contributed by atoms with Crippen molar-refractivity contribution in [2.24, 2.45) is 0 Å². The third kappa shape index (κ3) is 4.88. The molecule has 0 aromatic carbocycles. The number of carbonyl (C=O) groups is 1. The fourth-order valence-electron chi connectivity index (χ4n) is 1.45. The SMILES string of the molecule is COC(=O)c1cnc(OCC[Si](C)(C)C)cc1C(F)F. The van der Waals surface area contributed by atoms with Gasteiger partial charge in [0.25, 0.3) is 6.43 Å². The molecule has 0 aliphatic carbocycles. The summed E-state index contributed by atoms with van der Waals surface area (Å²) in [4.78, 5) is 15.2. The van der Waals surface area contributed by atoms with E-state index in [1.807, 2.05) is 0 Å². The molecule has 0 atom stereocenters. The zero-order valence-corrected chi connectivity index (χ0v) is 13.1. The molecule has 0 spiro atoms. The molecule has 1 rings (SSSR count). The predicted octanol–water partition coefficient (Wildman–Crippen LogP) is 3.52. The summed E-state index contributed by atoms with van der Waals surface area (Å²) < 4.78 is 35.7. The van der Waals surface area contributed by atoms with Gasteiger partial charge in [-0.2, -0.15) is 0 Å². The van der Waals surface area contributed by atoms with Crippen molar-refractivity contribution >= 4 is 14.0 Å². The number of ether oxygens (including phenoxy) is 2. The van der Waals surface area contributed by atoms with Gasteiger partial charge in [0.1, 0.15) is 0 Å². The maximum atomic E-state index is 12.9. The van der Waals surface area contributed by atoms with E-state index in [4.69, 9.17) is 4.74 Å². The van der Waals surface area contributed by atoms with Crippen LogP contribution < -0.4 is 4.74 Å². The summed E-state index contributed by atoms with van der Waals surface area (Å²) in [6.07, 6.45) is -1.72. The van der Waals surface area contributed by atoms with E-state index in [1.54, 1.807) is 0 Å². The van der Waals surface area contributed by atoms with Crippen molar-refractivity contribution in [3.8, 4) is 5.88 Å². The standard InChI is InChI=1S/C13H19F2NO3Si/c1-18-13(17)10-8-16-11(7-9(10)12(14)15)19-5-6-20(2,3)4/h7-8,12H,5-6H2,1-4H3. The van der Waals surface area contributed by atoms with E-state index in [0.717, 1.165) is 25.4 Å². The largest absolute Gasteiger partial charge is 0.478 e. The lowest BCUT2D eigenvalue weighted by atomic mass is 10.1. The number of carbonyl (C=O) groups excluding carboxylic acids is 1. The summed E-state index contributed by atoms with van der Waals surface area (Å²) in [6, 6.07) is 2.00. The van der Waals surface area contributed by atoms with E-state index in [-0.39, 0.29) is 11.4 Å². The number of aromatic nitrogens is 1. The van der Waals surface area contributed by atoms with Crippen LogP contribution in [0.3, 0.4) is 0 Å². The van der Waals surface area contributed by atoms with Gasteiger partial charge in [-0.25, -0.2) is 18.6 Å². The quantitative estimate of drug-likeness (QED) is 0.596. The topological polar surface area (TPSA) is 48.4 Å². The number of pyridine rings is 1. The molecular formula is C13H19F2NO3Si. The predicted molar refractivity (Wildman–Crippen MR) is 74.2 cm³/mol. The second-order valence-electron chi connectivity index (χ2n) is 5.56. The lowest BCUT2D eigenvalue weighted by Crippen LogP contribution is -2.22. The molecule has 0 N–H and O–H groups in total. The van der Waals surface area contributed by atoms with Crippen molar-refractivity contribution < 1.29 is 23.0 Å². The lowest BCUT2D eigenvalue weighted by molar-refractivity contribution is 0.0588. The number of nitrogens with zero attached hydrogens (tertiary/aromatic N) is 1. The number of methoxy groups -OCH3 is 1. The average molecular weight is 303 g/mol. The van der Waals surface area contributed by atoms with Crippen LogP contribution in [-0.4, -0.2) is 32.7 Å². The van der Waals surface area contributed by atoms with Gasteiger partial charge in [-0.05, 0) is 6.04 Å². The lowest BCUT2D eigenvalue weighted by Gasteiger charge is -2.16. The molecule has 1 heterocycles. The molecule has 4 nitrogen and oxygen atoms in total. The van der Waals surface area contributed by atoms with E-state index in [2.05, 4.69) is 29.4 Å². The normalized spacial score (nSPS) is 11.6. The Morgan fingerprint density at radius 1 is 1.40 bits per heavy atom. The Hall–Kier alpha value is -1.50. The van der Waals surface area contributed by atoms with Crippen molar-refractivity contribution in [3.63, 3.8) is 0 Å². The van der Waals surface area contributed by atoms with E-state index < -0.39 is 26.0 Å². The first-order chi connectivity index (χ1) is 9.24. The minimum absolute atomic E-state index is 0.103. The summed E-state index contributed by atoms with van der Waals surface area (Å²) in [6.45, 7) is 7.00. The first kappa shape index (κ1) is 16.6. The third-order valence-electron chi connectivity index (χ3n) is 2.65. The van der Waals surface area contributed by atoms with Gasteiger partial charge in [0.2, 0.25) is 5.88 Å². The number of esters is 1. The molecule has 0 amide bonds. The summed E-state index contributed by atoms with van der Waals surface area (Å²) in [5.41, 5.74) is -0.658. The van der Waals surface area contributed by atoms with Crippen LogP contribution >= 0.6 is 0 Å². The van der Waals surface area contributed by atoms with E-state index in [0.29, 0.717) is 6.61 Å². The Morgan fingerprint density at radius 2 is 2.05 bits per heavy atom. The number of alkyl halides is 2. The summed E-state index contributed by atoms with van der Waals surface area (Å²) >= 11 is 0. The van der Waals surface area contributed by atoms with Gasteiger partial charge < -0.3 is 9.47 Å². The molecule has 0 saturated heterocycles. The maximum absolute atomic E-state index is 12.9. The van der Waals surface area contributed by atoms with Crippen molar-refractivity contribution in [3.05, 3.63) is 23.4 Å². The fraction of sp³-hybridized carbons (Fsp3) is 0.538. The molecule has 1 aromatic heterocycles. The summed E-state index contributed by atoms with van der Waals surface area (Å²) in [7, 11) is -0.121. The van der Waals surface area contributed by atoms with Crippen LogP contribution in [0.4, 0.5) is 8.78 Å². The number of hydrogen-bond acceptors (Lipinski definition) is 4. The highest BCUT2D eigenvalue weighted by Crippen LogP contribution is 2.26. The van der Waals surface area contributed by atoms with Gasteiger partial charge in [0.05, 0.1) is 19.3 Å². The molecule has 1 aromatic rings. The Bertz CT molecular complexity index is 475. The van der Waals surface area contributed by atoms with Crippen LogP contribution in [0.25, 0.3) is 0 Å². The Kier molecular flexibility index (Phi) is 5.61. The van der Waals surface area contributed by atoms with Crippen LogP contribution in [0.5, 0.6) is 5.88 Å². The monoisotopic (exact) mass is 303 g/mol. The van der Waals surface area contributed by atoms with Crippen molar-refractivity contribution in [1.82, 2.24) is 4.98 Å². The van der Waals surface area contributed by atoms with Crippen LogP contribution in [0, 0.1) is 0 Å². The highest BCUT2D eigenvalue weighted by molar-refractivity contribution is 6.76. The molecule has 0 fully saturated rings. The van der Waals surface area contributed by atoms with Gasteiger partial charge in [-0.3, -0.25) is 0 Å². The molecular weight excluding hydrogens is 284 g/mol. The highest BCUT2D eigenvalue weighted by Gasteiger charge is 2.21. The van der Waals surface area contributed by atoms with Gasteiger partial charge in [0.15, 0.2) is 0 Å². The van der Waals surface area contributed by atoms with Crippen molar-refractivity contribution in [2.45, 2.75) is 32.1 Å². The van der Waals surface area contributed by atoms with Crippen LogP contribution in [0.2, 0.25) is 25.7 Å². The number of hydrogen-bond donors (Lipinski definition) is 0. The molecule has 7 heteroatoms. The molecule has 0 saturated carbocycles. The Balaban J connectivity index is 2.85. The van der Waals surface area contributed by atoms with Gasteiger partial charge in [-0.1, -0.05) is 19.6 Å². The van der Waals surface area contributed by atoms with Gasteiger partial charge >= 0.3 is 5.97 Å². The van der Waals surface area contributed by atoms with Crippen LogP contribution in [-0.2, 0) is 4.74 Å². The first-order valence-electron chi connectivity index (χ1n) is 6.24. The Labute approximate surface area is 118 Å². The zero-order chi connectivity index (χ0) is 15.3. The average Bonchev–Trinajstić information content (AvgIpc) is 2.36. The number of rotatable bonds is 6. The molecule has 0 unspecified atom stereocenters.